The van der Waals surface area contributed by atoms with E-state index in [1.54, 1.807) is 6.20 Å². The van der Waals surface area contributed by atoms with Crippen molar-refractivity contribution in [1.29, 1.82) is 0 Å². The van der Waals surface area contributed by atoms with Crippen LogP contribution in [0.25, 0.3) is 0 Å². The van der Waals surface area contributed by atoms with Gasteiger partial charge in [0.2, 0.25) is 11.8 Å². The van der Waals surface area contributed by atoms with Gasteiger partial charge >= 0.3 is 0 Å². The Hall–Kier alpha value is -1.58. The Kier molecular flexibility index (Phi) is 4.40. The first-order chi connectivity index (χ1) is 9.15. The van der Waals surface area contributed by atoms with E-state index < -0.39 is 0 Å². The van der Waals surface area contributed by atoms with Gasteiger partial charge in [-0.3, -0.25) is 4.79 Å². The highest BCUT2D eigenvalue weighted by Crippen LogP contribution is 2.31. The summed E-state index contributed by atoms with van der Waals surface area (Å²) in [6.07, 6.45) is 3.65. The van der Waals surface area contributed by atoms with E-state index in [-0.39, 0.29) is 11.8 Å². The van der Waals surface area contributed by atoms with Crippen molar-refractivity contribution in [3.8, 4) is 5.88 Å². The molecule has 0 saturated heterocycles. The van der Waals surface area contributed by atoms with Gasteiger partial charge in [-0.05, 0) is 24.5 Å². The molecular weight excluding hydrogens is 240 g/mol. The van der Waals surface area contributed by atoms with E-state index in [1.165, 1.54) is 0 Å². The number of carbonyl (C=O) groups is 1. The molecule has 2 heterocycles. The zero-order valence-corrected chi connectivity index (χ0v) is 11.9. The molecule has 4 heteroatoms. The molecule has 1 unspecified atom stereocenters. The Morgan fingerprint density at radius 3 is 3.00 bits per heavy atom. The van der Waals surface area contributed by atoms with Gasteiger partial charge in [0.25, 0.3) is 0 Å². The van der Waals surface area contributed by atoms with Gasteiger partial charge in [-0.2, -0.15) is 0 Å². The van der Waals surface area contributed by atoms with Gasteiger partial charge in [-0.15, -0.1) is 0 Å². The second-order valence-corrected chi connectivity index (χ2v) is 5.31. The summed E-state index contributed by atoms with van der Waals surface area (Å²) in [7, 11) is 0. The molecule has 0 spiro atoms. The lowest BCUT2D eigenvalue weighted by Crippen LogP contribution is -2.43. The Labute approximate surface area is 114 Å². The minimum atomic E-state index is 0.0798. The molecule has 1 aromatic heterocycles. The van der Waals surface area contributed by atoms with E-state index in [1.807, 2.05) is 17.0 Å². The second-order valence-electron chi connectivity index (χ2n) is 5.31. The largest absolute Gasteiger partial charge is 0.474 e. The summed E-state index contributed by atoms with van der Waals surface area (Å²) < 4.78 is 5.50. The van der Waals surface area contributed by atoms with Crippen molar-refractivity contribution in [3.05, 3.63) is 18.3 Å². The van der Waals surface area contributed by atoms with E-state index >= 15 is 0 Å². The average Bonchev–Trinajstić information content (AvgIpc) is 2.43. The molecule has 19 heavy (non-hydrogen) atoms. The van der Waals surface area contributed by atoms with Crippen LogP contribution in [0.3, 0.4) is 0 Å². The molecule has 4 nitrogen and oxygen atoms in total. The van der Waals surface area contributed by atoms with Crippen LogP contribution < -0.4 is 9.64 Å². The molecular formula is C15H22N2O2. The first-order valence-corrected chi connectivity index (χ1v) is 7.04. The van der Waals surface area contributed by atoms with E-state index in [4.69, 9.17) is 4.74 Å². The maximum Gasteiger partial charge on any atom is 0.238 e. The van der Waals surface area contributed by atoms with Gasteiger partial charge in [0.15, 0.2) is 0 Å². The molecule has 0 N–H and O–H groups in total. The van der Waals surface area contributed by atoms with Crippen LogP contribution >= 0.6 is 0 Å². The second kappa shape index (κ2) is 6.04. The van der Waals surface area contributed by atoms with Gasteiger partial charge in [0, 0.05) is 12.1 Å². The van der Waals surface area contributed by atoms with Crippen molar-refractivity contribution >= 4 is 11.6 Å². The van der Waals surface area contributed by atoms with E-state index in [0.717, 1.165) is 18.5 Å². The Morgan fingerprint density at radius 1 is 1.53 bits per heavy atom. The van der Waals surface area contributed by atoms with Crippen molar-refractivity contribution in [3.63, 3.8) is 0 Å². The smallest absolute Gasteiger partial charge is 0.238 e. The third-order valence-electron chi connectivity index (χ3n) is 3.58. The number of rotatable bonds is 4. The molecule has 1 atom stereocenters. The van der Waals surface area contributed by atoms with Crippen molar-refractivity contribution < 1.29 is 9.53 Å². The number of pyridine rings is 1. The van der Waals surface area contributed by atoms with Crippen molar-refractivity contribution in [2.75, 3.05) is 18.1 Å². The van der Waals surface area contributed by atoms with E-state index in [0.29, 0.717) is 24.9 Å². The van der Waals surface area contributed by atoms with Crippen LogP contribution in [0.15, 0.2) is 18.3 Å². The molecule has 0 aliphatic carbocycles. The normalized spacial score (nSPS) is 15.9. The van der Waals surface area contributed by atoms with Crippen molar-refractivity contribution in [2.24, 2.45) is 11.8 Å². The highest BCUT2D eigenvalue weighted by molar-refractivity contribution is 5.96. The van der Waals surface area contributed by atoms with Crippen LogP contribution in [0.1, 0.15) is 33.6 Å². The monoisotopic (exact) mass is 262 g/mol. The quantitative estimate of drug-likeness (QED) is 0.838. The van der Waals surface area contributed by atoms with Gasteiger partial charge in [-0.1, -0.05) is 27.2 Å². The van der Waals surface area contributed by atoms with Gasteiger partial charge in [0.1, 0.15) is 12.3 Å². The SMILES string of the molecule is CCCC(C(=O)N1CCOc2ncccc21)C(C)C. The van der Waals surface area contributed by atoms with Crippen LogP contribution in [0.4, 0.5) is 5.69 Å². The molecule has 2 rings (SSSR count). The lowest BCUT2D eigenvalue weighted by atomic mass is 9.90. The number of aromatic nitrogens is 1. The van der Waals surface area contributed by atoms with E-state index in [9.17, 15) is 4.79 Å². The Balaban J connectivity index is 2.24. The molecule has 0 fully saturated rings. The number of hydrogen-bond donors (Lipinski definition) is 0. The summed E-state index contributed by atoms with van der Waals surface area (Å²) >= 11 is 0. The molecule has 0 saturated carbocycles. The summed E-state index contributed by atoms with van der Waals surface area (Å²) in [5, 5.41) is 0. The number of carbonyl (C=O) groups excluding carboxylic acids is 1. The standard InChI is InChI=1S/C15H22N2O2/c1-4-6-12(11(2)3)15(18)17-9-10-19-14-13(17)7-5-8-16-14/h5,7-8,11-12H,4,6,9-10H2,1-3H3. The van der Waals surface area contributed by atoms with Crippen LogP contribution in [-0.4, -0.2) is 24.0 Å². The molecule has 0 bridgehead atoms. The third-order valence-corrected chi connectivity index (χ3v) is 3.58. The number of fused-ring (bicyclic) bond motifs is 1. The maximum absolute atomic E-state index is 12.7. The summed E-state index contributed by atoms with van der Waals surface area (Å²) in [4.78, 5) is 18.8. The van der Waals surface area contributed by atoms with Gasteiger partial charge in [0.05, 0.1) is 6.54 Å². The number of nitrogens with zero attached hydrogens (tertiary/aromatic N) is 2. The predicted octanol–water partition coefficient (Wildman–Crippen LogP) is 2.88. The van der Waals surface area contributed by atoms with Crippen LogP contribution in [0, 0.1) is 11.8 Å². The number of ether oxygens (including phenoxy) is 1. The molecule has 0 radical (unpaired) electrons. The van der Waals surface area contributed by atoms with Crippen LogP contribution in [-0.2, 0) is 4.79 Å². The van der Waals surface area contributed by atoms with Gasteiger partial charge in [-0.25, -0.2) is 4.98 Å². The first kappa shape index (κ1) is 13.8. The Bertz CT molecular complexity index is 446. The van der Waals surface area contributed by atoms with Crippen molar-refractivity contribution in [1.82, 2.24) is 4.98 Å². The molecule has 1 aliphatic rings. The number of anilines is 1. The van der Waals surface area contributed by atoms with Crippen LogP contribution in [0.2, 0.25) is 0 Å². The molecule has 1 aliphatic heterocycles. The lowest BCUT2D eigenvalue weighted by Gasteiger charge is -2.32. The zero-order valence-electron chi connectivity index (χ0n) is 11.9. The fourth-order valence-electron chi connectivity index (χ4n) is 2.54. The lowest BCUT2D eigenvalue weighted by molar-refractivity contribution is -0.124. The predicted molar refractivity (Wildman–Crippen MR) is 75.3 cm³/mol. The highest BCUT2D eigenvalue weighted by Gasteiger charge is 2.31. The molecule has 1 aromatic rings. The fraction of sp³-hybridized carbons (Fsp3) is 0.600. The zero-order chi connectivity index (χ0) is 13.8. The topological polar surface area (TPSA) is 42.4 Å². The molecule has 104 valence electrons. The van der Waals surface area contributed by atoms with Gasteiger partial charge < -0.3 is 9.64 Å². The summed E-state index contributed by atoms with van der Waals surface area (Å²) in [5.41, 5.74) is 0.806. The summed E-state index contributed by atoms with van der Waals surface area (Å²) in [5.74, 6) is 1.21. The average molecular weight is 262 g/mol. The molecule has 1 amide bonds. The number of amides is 1. The first-order valence-electron chi connectivity index (χ1n) is 7.04. The fourth-order valence-corrected chi connectivity index (χ4v) is 2.54. The highest BCUT2D eigenvalue weighted by atomic mass is 16.5. The maximum atomic E-state index is 12.7. The number of hydrogen-bond acceptors (Lipinski definition) is 3. The minimum Gasteiger partial charge on any atom is -0.474 e. The summed E-state index contributed by atoms with van der Waals surface area (Å²) in [6, 6.07) is 3.75. The van der Waals surface area contributed by atoms with Crippen LogP contribution in [0.5, 0.6) is 5.88 Å². The van der Waals surface area contributed by atoms with Crippen molar-refractivity contribution in [2.45, 2.75) is 33.6 Å². The third kappa shape index (κ3) is 2.88. The Morgan fingerprint density at radius 2 is 2.32 bits per heavy atom. The minimum absolute atomic E-state index is 0.0798. The summed E-state index contributed by atoms with van der Waals surface area (Å²) in [6.45, 7) is 7.49. The van der Waals surface area contributed by atoms with E-state index in [2.05, 4.69) is 25.8 Å². The molecule has 0 aromatic carbocycles.